The summed E-state index contributed by atoms with van der Waals surface area (Å²) in [7, 11) is -2.11. The molecule has 9 nitrogen and oxygen atoms in total. The van der Waals surface area contributed by atoms with E-state index >= 15 is 0 Å². The zero-order chi connectivity index (χ0) is 22.9. The van der Waals surface area contributed by atoms with E-state index in [9.17, 15) is 18.3 Å². The Hall–Kier alpha value is -4.12. The molecule has 0 aliphatic rings. The standard InChI is InChI=1S/C21H17BN4O5S/c22-12-5-8-14(9-6-12)32(30,31)26-20-19(24-16-3-1-2-4-17(16)25-20)23-13-7-10-15(21(28)29)18(27)11-13/h1-11,27H,22H2,(H,23,24)(H,25,26)(H,28,29). The number of aromatic nitrogens is 2. The molecule has 4 aromatic rings. The summed E-state index contributed by atoms with van der Waals surface area (Å²) in [6.45, 7) is 0. The number of nitrogens with zero attached hydrogens (tertiary/aromatic N) is 2. The van der Waals surface area contributed by atoms with Crippen molar-refractivity contribution in [3.05, 3.63) is 72.3 Å². The third-order valence-corrected chi connectivity index (χ3v) is 5.98. The number of benzene rings is 3. The van der Waals surface area contributed by atoms with Crippen LogP contribution in [-0.4, -0.2) is 42.4 Å². The molecule has 0 saturated carbocycles. The number of fused-ring (bicyclic) bond motifs is 1. The van der Waals surface area contributed by atoms with Crippen molar-refractivity contribution in [2.75, 3.05) is 10.0 Å². The Balaban J connectivity index is 1.76. The summed E-state index contributed by atoms with van der Waals surface area (Å²) in [6.07, 6.45) is 0. The van der Waals surface area contributed by atoms with Crippen LogP contribution >= 0.6 is 0 Å². The largest absolute Gasteiger partial charge is 0.507 e. The lowest BCUT2D eigenvalue weighted by atomic mass is 9.97. The van der Waals surface area contributed by atoms with Crippen molar-refractivity contribution in [1.82, 2.24) is 9.97 Å². The van der Waals surface area contributed by atoms with Gasteiger partial charge in [-0.2, -0.15) is 0 Å². The molecule has 11 heteroatoms. The smallest absolute Gasteiger partial charge is 0.339 e. The Bertz CT molecular complexity index is 1440. The predicted molar refractivity (Wildman–Crippen MR) is 123 cm³/mol. The van der Waals surface area contributed by atoms with Gasteiger partial charge in [0.15, 0.2) is 11.6 Å². The number of hydrogen-bond donors (Lipinski definition) is 4. The number of phenols is 1. The molecule has 0 saturated heterocycles. The molecule has 1 heterocycles. The highest BCUT2D eigenvalue weighted by atomic mass is 32.2. The number of anilines is 3. The van der Waals surface area contributed by atoms with E-state index in [1.807, 2.05) is 7.85 Å². The van der Waals surface area contributed by atoms with Crippen molar-refractivity contribution in [3.8, 4) is 5.75 Å². The second-order valence-electron chi connectivity index (χ2n) is 6.99. The van der Waals surface area contributed by atoms with Crippen LogP contribution < -0.4 is 15.5 Å². The lowest BCUT2D eigenvalue weighted by Gasteiger charge is -2.14. The van der Waals surface area contributed by atoms with Gasteiger partial charge in [-0.1, -0.05) is 29.7 Å². The Kier molecular flexibility index (Phi) is 5.41. The number of hydrogen-bond acceptors (Lipinski definition) is 7. The average molecular weight is 448 g/mol. The number of carboxylic acid groups (broad SMARTS) is 1. The number of para-hydroxylation sites is 2. The molecule has 3 aromatic carbocycles. The first-order valence-corrected chi connectivity index (χ1v) is 10.9. The number of nitrogens with one attached hydrogen (secondary N) is 2. The lowest BCUT2D eigenvalue weighted by molar-refractivity contribution is 0.0693. The van der Waals surface area contributed by atoms with E-state index in [4.69, 9.17) is 5.11 Å². The highest BCUT2D eigenvalue weighted by Gasteiger charge is 2.19. The van der Waals surface area contributed by atoms with Gasteiger partial charge in [-0.15, -0.1) is 0 Å². The maximum absolute atomic E-state index is 12.9. The molecular weight excluding hydrogens is 431 g/mol. The van der Waals surface area contributed by atoms with Gasteiger partial charge >= 0.3 is 5.97 Å². The van der Waals surface area contributed by atoms with E-state index in [1.54, 1.807) is 36.4 Å². The maximum Gasteiger partial charge on any atom is 0.339 e. The van der Waals surface area contributed by atoms with Gasteiger partial charge in [0.25, 0.3) is 10.0 Å². The van der Waals surface area contributed by atoms with Crippen LogP contribution in [0.2, 0.25) is 0 Å². The fourth-order valence-electron chi connectivity index (χ4n) is 2.99. The number of carbonyl (C=O) groups is 1. The van der Waals surface area contributed by atoms with Crippen LogP contribution in [0.15, 0.2) is 71.6 Å². The van der Waals surface area contributed by atoms with Gasteiger partial charge in [-0.25, -0.2) is 23.2 Å². The number of sulfonamides is 1. The summed E-state index contributed by atoms with van der Waals surface area (Å²) >= 11 is 0. The first kappa shape index (κ1) is 21.1. The molecule has 0 unspecified atom stereocenters. The van der Waals surface area contributed by atoms with Crippen molar-refractivity contribution in [2.24, 2.45) is 0 Å². The van der Waals surface area contributed by atoms with E-state index < -0.39 is 21.7 Å². The van der Waals surface area contributed by atoms with Gasteiger partial charge in [0.2, 0.25) is 0 Å². The second kappa shape index (κ2) is 8.19. The Labute approximate surface area is 184 Å². The van der Waals surface area contributed by atoms with Gasteiger partial charge < -0.3 is 15.5 Å². The molecule has 1 aromatic heterocycles. The normalized spacial score (nSPS) is 11.2. The quantitative estimate of drug-likeness (QED) is 0.328. The molecule has 4 rings (SSSR count). The van der Waals surface area contributed by atoms with E-state index in [1.165, 1.54) is 30.3 Å². The maximum atomic E-state index is 12.9. The topological polar surface area (TPSA) is 142 Å². The SMILES string of the molecule is Bc1ccc(S(=O)(=O)Nc2nc3ccccc3nc2Nc2ccc(C(=O)O)c(O)c2)cc1. The van der Waals surface area contributed by atoms with E-state index in [0.29, 0.717) is 16.7 Å². The van der Waals surface area contributed by atoms with Gasteiger partial charge in [0.05, 0.1) is 15.9 Å². The summed E-state index contributed by atoms with van der Waals surface area (Å²) in [5, 5.41) is 22.0. The highest BCUT2D eigenvalue weighted by molar-refractivity contribution is 7.92. The van der Waals surface area contributed by atoms with Gasteiger partial charge in [-0.05, 0) is 36.4 Å². The van der Waals surface area contributed by atoms with E-state index in [-0.39, 0.29) is 22.1 Å². The van der Waals surface area contributed by atoms with Crippen LogP contribution in [-0.2, 0) is 10.0 Å². The monoisotopic (exact) mass is 448 g/mol. The van der Waals surface area contributed by atoms with Crippen molar-refractivity contribution in [1.29, 1.82) is 0 Å². The van der Waals surface area contributed by atoms with Gasteiger partial charge in [-0.3, -0.25) is 4.72 Å². The second-order valence-corrected chi connectivity index (χ2v) is 8.67. The van der Waals surface area contributed by atoms with Gasteiger partial charge in [0.1, 0.15) is 19.2 Å². The highest BCUT2D eigenvalue weighted by Crippen LogP contribution is 2.29. The van der Waals surface area contributed by atoms with Crippen LogP contribution in [0.5, 0.6) is 5.75 Å². The summed E-state index contributed by atoms with van der Waals surface area (Å²) in [6, 6.07) is 17.2. The molecule has 4 N–H and O–H groups in total. The van der Waals surface area contributed by atoms with E-state index in [0.717, 1.165) is 5.46 Å². The fraction of sp³-hybridized carbons (Fsp3) is 0. The number of rotatable bonds is 6. The van der Waals surface area contributed by atoms with Crippen molar-refractivity contribution in [2.45, 2.75) is 4.90 Å². The summed E-state index contributed by atoms with van der Waals surface area (Å²) in [5.41, 5.74) is 1.94. The minimum absolute atomic E-state index is 0.0499. The third-order valence-electron chi connectivity index (χ3n) is 4.62. The summed E-state index contributed by atoms with van der Waals surface area (Å²) in [5.74, 6) is -1.68. The first-order chi connectivity index (χ1) is 15.2. The number of aromatic carboxylic acids is 1. The summed E-state index contributed by atoms with van der Waals surface area (Å²) < 4.78 is 28.3. The van der Waals surface area contributed by atoms with Gasteiger partial charge in [0, 0.05) is 11.8 Å². The predicted octanol–water partition coefficient (Wildman–Crippen LogP) is 1.84. The minimum Gasteiger partial charge on any atom is -0.507 e. The molecule has 32 heavy (non-hydrogen) atoms. The first-order valence-electron chi connectivity index (χ1n) is 9.42. The molecule has 0 radical (unpaired) electrons. The minimum atomic E-state index is -3.96. The third kappa shape index (κ3) is 4.32. The van der Waals surface area contributed by atoms with E-state index in [2.05, 4.69) is 20.0 Å². The van der Waals surface area contributed by atoms with Crippen molar-refractivity contribution < 1.29 is 23.4 Å². The van der Waals surface area contributed by atoms with Crippen molar-refractivity contribution >= 4 is 57.7 Å². The van der Waals surface area contributed by atoms with Crippen LogP contribution in [0, 0.1) is 0 Å². The Morgan fingerprint density at radius 3 is 2.12 bits per heavy atom. The number of carboxylic acids is 1. The summed E-state index contributed by atoms with van der Waals surface area (Å²) in [4.78, 5) is 20.0. The molecule has 0 aliphatic heterocycles. The molecule has 160 valence electrons. The van der Waals surface area contributed by atoms with Crippen LogP contribution in [0.1, 0.15) is 10.4 Å². The molecular formula is C21H17BN4O5S. The molecule has 0 aliphatic carbocycles. The lowest BCUT2D eigenvalue weighted by Crippen LogP contribution is -2.16. The average Bonchev–Trinajstić information content (AvgIpc) is 2.74. The van der Waals surface area contributed by atoms with Crippen molar-refractivity contribution in [3.63, 3.8) is 0 Å². The van der Waals surface area contributed by atoms with Crippen LogP contribution in [0.4, 0.5) is 17.3 Å². The van der Waals surface area contributed by atoms with Crippen LogP contribution in [0.25, 0.3) is 11.0 Å². The fourth-order valence-corrected chi connectivity index (χ4v) is 4.00. The molecule has 0 atom stereocenters. The number of aromatic hydroxyl groups is 1. The zero-order valence-electron chi connectivity index (χ0n) is 16.8. The molecule has 0 spiro atoms. The van der Waals surface area contributed by atoms with Crippen LogP contribution in [0.3, 0.4) is 0 Å². The Morgan fingerprint density at radius 1 is 0.906 bits per heavy atom. The Morgan fingerprint density at radius 2 is 1.53 bits per heavy atom. The molecule has 0 bridgehead atoms. The molecule has 0 amide bonds. The zero-order valence-corrected chi connectivity index (χ0v) is 17.6. The molecule has 0 fully saturated rings.